The number of benzene rings is 2. The number of aryl methyl sites for hydroxylation is 1. The molecule has 2 aromatic carbocycles. The summed E-state index contributed by atoms with van der Waals surface area (Å²) in [5, 5.41) is 9.40. The van der Waals surface area contributed by atoms with Crippen LogP contribution in [0.25, 0.3) is 11.0 Å². The summed E-state index contributed by atoms with van der Waals surface area (Å²) >= 11 is 6.51. The van der Waals surface area contributed by atoms with Crippen molar-refractivity contribution in [1.29, 1.82) is 0 Å². The molecule has 1 aromatic heterocycles. The van der Waals surface area contributed by atoms with E-state index in [0.29, 0.717) is 49.6 Å². The van der Waals surface area contributed by atoms with Gasteiger partial charge in [0, 0.05) is 17.5 Å². The van der Waals surface area contributed by atoms with Crippen LogP contribution in [-0.4, -0.2) is 40.4 Å². The zero-order valence-electron chi connectivity index (χ0n) is 18.0. The van der Waals surface area contributed by atoms with E-state index >= 15 is 0 Å². The van der Waals surface area contributed by atoms with Crippen molar-refractivity contribution < 1.29 is 24.1 Å². The predicted octanol–water partition coefficient (Wildman–Crippen LogP) is 5.09. The summed E-state index contributed by atoms with van der Waals surface area (Å²) in [4.78, 5) is 15.4. The number of hydrogen-bond donors (Lipinski definition) is 1. The van der Waals surface area contributed by atoms with Gasteiger partial charge in [0.1, 0.15) is 11.5 Å². The largest absolute Gasteiger partial charge is 0.494 e. The molecule has 0 atom stereocenters. The fraction of sp³-hybridized carbons (Fsp3) is 0.391. The van der Waals surface area contributed by atoms with Crippen LogP contribution >= 0.6 is 11.6 Å². The zero-order valence-corrected chi connectivity index (χ0v) is 18.7. The third-order valence-electron chi connectivity index (χ3n) is 4.72. The van der Waals surface area contributed by atoms with Crippen molar-refractivity contribution in [2.24, 2.45) is 0 Å². The smallest absolute Gasteiger partial charge is 0.303 e. The molecule has 3 rings (SSSR count). The highest BCUT2D eigenvalue weighted by Crippen LogP contribution is 2.31. The van der Waals surface area contributed by atoms with E-state index < -0.39 is 5.97 Å². The van der Waals surface area contributed by atoms with E-state index in [-0.39, 0.29) is 6.42 Å². The number of rotatable bonds is 11. The summed E-state index contributed by atoms with van der Waals surface area (Å²) in [5.41, 5.74) is 3.55. The van der Waals surface area contributed by atoms with Gasteiger partial charge in [-0.1, -0.05) is 17.7 Å². The molecule has 0 aliphatic carbocycles. The molecule has 0 spiro atoms. The summed E-state index contributed by atoms with van der Waals surface area (Å²) in [6.07, 6.45) is 0.515. The monoisotopic (exact) mass is 446 g/mol. The Labute approximate surface area is 186 Å². The van der Waals surface area contributed by atoms with Gasteiger partial charge >= 0.3 is 5.97 Å². The topological polar surface area (TPSA) is 82.8 Å². The minimum Gasteiger partial charge on any atom is -0.494 e. The molecule has 0 aliphatic rings. The second-order valence-corrected chi connectivity index (χ2v) is 7.46. The predicted molar refractivity (Wildman–Crippen MR) is 120 cm³/mol. The number of imidazole rings is 1. The number of carboxylic acid groups (broad SMARTS) is 1. The van der Waals surface area contributed by atoms with Crippen molar-refractivity contribution in [2.45, 2.75) is 40.2 Å². The summed E-state index contributed by atoms with van der Waals surface area (Å²) in [6.45, 7) is 7.66. The average Bonchev–Trinajstić information content (AvgIpc) is 3.06. The second-order valence-electron chi connectivity index (χ2n) is 7.05. The van der Waals surface area contributed by atoms with Crippen LogP contribution in [-0.2, 0) is 11.3 Å². The molecule has 0 fully saturated rings. The number of ether oxygens (including phenoxy) is 3. The molecule has 0 radical (unpaired) electrons. The van der Waals surface area contributed by atoms with Crippen LogP contribution in [0.3, 0.4) is 0 Å². The molecule has 166 valence electrons. The lowest BCUT2D eigenvalue weighted by Gasteiger charge is -2.13. The average molecular weight is 447 g/mol. The summed E-state index contributed by atoms with van der Waals surface area (Å²) in [7, 11) is 0. The van der Waals surface area contributed by atoms with Gasteiger partial charge in [0.05, 0.1) is 37.4 Å². The SMILES string of the molecule is CCOc1ccc(Cn2c(OCC)nc3c(C)cc(OCCCC(=O)O)cc32)c(Cl)c1. The Balaban J connectivity index is 1.94. The molecular weight excluding hydrogens is 420 g/mol. The lowest BCUT2D eigenvalue weighted by atomic mass is 10.1. The highest BCUT2D eigenvalue weighted by molar-refractivity contribution is 6.31. The van der Waals surface area contributed by atoms with E-state index in [4.69, 9.17) is 30.9 Å². The molecule has 31 heavy (non-hydrogen) atoms. The molecule has 1 N–H and O–H groups in total. The first-order valence-electron chi connectivity index (χ1n) is 10.3. The van der Waals surface area contributed by atoms with Gasteiger partial charge in [-0.05, 0) is 56.5 Å². The van der Waals surface area contributed by atoms with Gasteiger partial charge in [0.25, 0.3) is 6.01 Å². The van der Waals surface area contributed by atoms with Crippen molar-refractivity contribution in [3.05, 3.63) is 46.5 Å². The van der Waals surface area contributed by atoms with E-state index in [9.17, 15) is 4.79 Å². The number of fused-ring (bicyclic) bond motifs is 1. The molecule has 0 saturated heterocycles. The van der Waals surface area contributed by atoms with Gasteiger partial charge in [-0.15, -0.1) is 0 Å². The van der Waals surface area contributed by atoms with Crippen LogP contribution in [0.5, 0.6) is 17.5 Å². The molecular formula is C23H27ClN2O5. The fourth-order valence-corrected chi connectivity index (χ4v) is 3.54. The van der Waals surface area contributed by atoms with Gasteiger partial charge in [-0.2, -0.15) is 4.98 Å². The minimum absolute atomic E-state index is 0.0733. The maximum atomic E-state index is 10.7. The van der Waals surface area contributed by atoms with Crippen LogP contribution in [0, 0.1) is 6.92 Å². The van der Waals surface area contributed by atoms with Crippen molar-refractivity contribution in [2.75, 3.05) is 19.8 Å². The first-order valence-corrected chi connectivity index (χ1v) is 10.7. The van der Waals surface area contributed by atoms with Crippen LogP contribution in [0.4, 0.5) is 0 Å². The summed E-state index contributed by atoms with van der Waals surface area (Å²) < 4.78 is 19.1. The normalized spacial score (nSPS) is 11.0. The van der Waals surface area contributed by atoms with E-state index in [0.717, 1.165) is 27.9 Å². The highest BCUT2D eigenvalue weighted by atomic mass is 35.5. The maximum Gasteiger partial charge on any atom is 0.303 e. The Hall–Kier alpha value is -2.93. The fourth-order valence-electron chi connectivity index (χ4n) is 3.31. The zero-order chi connectivity index (χ0) is 22.4. The molecule has 8 heteroatoms. The van der Waals surface area contributed by atoms with Gasteiger partial charge in [-0.25, -0.2) is 0 Å². The van der Waals surface area contributed by atoms with Crippen molar-refractivity contribution in [3.8, 4) is 17.5 Å². The van der Waals surface area contributed by atoms with Crippen LogP contribution in [0.2, 0.25) is 5.02 Å². The summed E-state index contributed by atoms with van der Waals surface area (Å²) in [5.74, 6) is 0.559. The second kappa shape index (κ2) is 10.4. The van der Waals surface area contributed by atoms with Gasteiger partial charge in [0.2, 0.25) is 0 Å². The molecule has 0 amide bonds. The number of aromatic nitrogens is 2. The minimum atomic E-state index is -0.832. The molecule has 0 saturated carbocycles. The number of hydrogen-bond acceptors (Lipinski definition) is 5. The first-order chi connectivity index (χ1) is 14.9. The van der Waals surface area contributed by atoms with Gasteiger partial charge in [-0.3, -0.25) is 9.36 Å². The maximum absolute atomic E-state index is 10.7. The number of carbonyl (C=O) groups is 1. The van der Waals surface area contributed by atoms with E-state index in [1.54, 1.807) is 0 Å². The van der Waals surface area contributed by atoms with Crippen molar-refractivity contribution in [1.82, 2.24) is 9.55 Å². The van der Waals surface area contributed by atoms with Crippen LogP contribution in [0.1, 0.15) is 37.8 Å². The number of carboxylic acids is 1. The Morgan fingerprint density at radius 3 is 2.55 bits per heavy atom. The molecule has 1 heterocycles. The standard InChI is InChI=1S/C23H27ClN2O5/c1-4-29-17-9-8-16(19(24)12-17)14-26-20-13-18(31-10-6-7-21(27)28)11-15(3)22(20)25-23(26)30-5-2/h8-9,11-13H,4-7,10,14H2,1-3H3,(H,27,28). The molecule has 0 bridgehead atoms. The van der Waals surface area contributed by atoms with Crippen LogP contribution < -0.4 is 14.2 Å². The van der Waals surface area contributed by atoms with Crippen molar-refractivity contribution in [3.63, 3.8) is 0 Å². The highest BCUT2D eigenvalue weighted by Gasteiger charge is 2.17. The lowest BCUT2D eigenvalue weighted by molar-refractivity contribution is -0.137. The van der Waals surface area contributed by atoms with Gasteiger partial charge in [0.15, 0.2) is 0 Å². The number of nitrogens with zero attached hydrogens (tertiary/aromatic N) is 2. The lowest BCUT2D eigenvalue weighted by Crippen LogP contribution is -2.06. The Morgan fingerprint density at radius 2 is 1.87 bits per heavy atom. The number of halogens is 1. The molecule has 0 aliphatic heterocycles. The quantitative estimate of drug-likeness (QED) is 0.413. The molecule has 7 nitrogen and oxygen atoms in total. The van der Waals surface area contributed by atoms with E-state index in [1.165, 1.54) is 0 Å². The first kappa shape index (κ1) is 22.7. The molecule has 0 unspecified atom stereocenters. The third kappa shape index (κ3) is 5.61. The summed E-state index contributed by atoms with van der Waals surface area (Å²) in [6, 6.07) is 9.96. The Kier molecular flexibility index (Phi) is 7.63. The van der Waals surface area contributed by atoms with Crippen LogP contribution in [0.15, 0.2) is 30.3 Å². The Bertz CT molecular complexity index is 1060. The van der Waals surface area contributed by atoms with Gasteiger partial charge < -0.3 is 19.3 Å². The molecule has 3 aromatic rings. The van der Waals surface area contributed by atoms with E-state index in [2.05, 4.69) is 4.98 Å². The van der Waals surface area contributed by atoms with E-state index in [1.807, 2.05) is 55.7 Å². The Morgan fingerprint density at radius 1 is 1.10 bits per heavy atom. The van der Waals surface area contributed by atoms with Crippen molar-refractivity contribution >= 4 is 28.6 Å². The third-order valence-corrected chi connectivity index (χ3v) is 5.08. The number of aliphatic carboxylic acids is 1.